The van der Waals surface area contributed by atoms with E-state index >= 15 is 0 Å². The summed E-state index contributed by atoms with van der Waals surface area (Å²) >= 11 is 12.1. The Morgan fingerprint density at radius 1 is 1.44 bits per heavy atom. The Kier molecular flexibility index (Phi) is 1.79. The van der Waals surface area contributed by atoms with Crippen molar-refractivity contribution in [2.45, 2.75) is 15.8 Å². The molecule has 1 aliphatic heterocycles. The number of nitro groups is 1. The van der Waals surface area contributed by atoms with Gasteiger partial charge in [-0.1, -0.05) is 41.4 Å². The molecule has 1 aromatic rings. The predicted molar refractivity (Wildman–Crippen MR) is 58.8 cm³/mol. The van der Waals surface area contributed by atoms with Crippen molar-refractivity contribution in [2.75, 3.05) is 6.61 Å². The maximum Gasteiger partial charge on any atom is 0.298 e. The third-order valence-corrected chi connectivity index (χ3v) is 4.43. The largest absolute Gasteiger partial charge is 0.486 e. The Labute approximate surface area is 101 Å². The summed E-state index contributed by atoms with van der Waals surface area (Å²) in [6.45, 7) is -0.0747. The Balaban J connectivity index is 2.15. The van der Waals surface area contributed by atoms with E-state index in [4.69, 9.17) is 27.9 Å². The van der Waals surface area contributed by atoms with Crippen LogP contribution in [0.2, 0.25) is 0 Å². The zero-order chi connectivity index (χ0) is 11.6. The van der Waals surface area contributed by atoms with Crippen LogP contribution in [0.4, 0.5) is 0 Å². The number of hydrogen-bond acceptors (Lipinski definition) is 3. The van der Waals surface area contributed by atoms with Gasteiger partial charge in [0.05, 0.1) is 0 Å². The minimum atomic E-state index is -1.38. The van der Waals surface area contributed by atoms with Crippen molar-refractivity contribution < 1.29 is 9.66 Å². The van der Waals surface area contributed by atoms with Gasteiger partial charge in [0.15, 0.2) is 6.61 Å². The van der Waals surface area contributed by atoms with Gasteiger partial charge >= 0.3 is 0 Å². The van der Waals surface area contributed by atoms with Crippen LogP contribution in [0.15, 0.2) is 24.3 Å². The molecule has 2 unspecified atom stereocenters. The smallest absolute Gasteiger partial charge is 0.298 e. The molecule has 4 nitrogen and oxygen atoms in total. The van der Waals surface area contributed by atoms with Crippen LogP contribution in [0.3, 0.4) is 0 Å². The predicted octanol–water partition coefficient (Wildman–Crippen LogP) is 2.37. The average molecular weight is 260 g/mol. The average Bonchev–Trinajstić information content (AvgIpc) is 2.78. The molecule has 1 saturated carbocycles. The quantitative estimate of drug-likeness (QED) is 0.442. The second-order valence-electron chi connectivity index (χ2n) is 4.06. The lowest BCUT2D eigenvalue weighted by atomic mass is 10.0. The van der Waals surface area contributed by atoms with Crippen LogP contribution in [-0.4, -0.2) is 21.4 Å². The molecule has 2 aliphatic rings. The number of benzene rings is 1. The highest BCUT2D eigenvalue weighted by Gasteiger charge is 2.89. The van der Waals surface area contributed by atoms with Gasteiger partial charge in [0.2, 0.25) is 4.33 Å². The Hall–Kier alpha value is -1.000. The van der Waals surface area contributed by atoms with Crippen molar-refractivity contribution in [3.8, 4) is 5.75 Å². The highest BCUT2D eigenvalue weighted by Crippen LogP contribution is 2.72. The van der Waals surface area contributed by atoms with E-state index < -0.39 is 20.7 Å². The lowest BCUT2D eigenvalue weighted by Crippen LogP contribution is -2.37. The molecule has 1 fully saturated rings. The van der Waals surface area contributed by atoms with Gasteiger partial charge in [-0.2, -0.15) is 0 Å². The van der Waals surface area contributed by atoms with Crippen LogP contribution >= 0.6 is 23.2 Å². The number of halogens is 2. The molecule has 0 aromatic heterocycles. The monoisotopic (exact) mass is 259 g/mol. The molecule has 0 bridgehead atoms. The summed E-state index contributed by atoms with van der Waals surface area (Å²) in [4.78, 5) is 10.7. The second kappa shape index (κ2) is 2.81. The zero-order valence-corrected chi connectivity index (χ0v) is 9.53. The minimum absolute atomic E-state index is 0.0747. The topological polar surface area (TPSA) is 52.4 Å². The van der Waals surface area contributed by atoms with Crippen LogP contribution in [0.5, 0.6) is 5.75 Å². The standard InChI is InChI=1S/C10H7Cl2NO3/c11-10(12)8-6-3-1-2-4-7(6)16-5-9(8,10)13(14)15/h1-4,8H,5H2. The van der Waals surface area contributed by atoms with Crippen LogP contribution < -0.4 is 4.74 Å². The first kappa shape index (κ1) is 10.2. The van der Waals surface area contributed by atoms with Crippen LogP contribution in [0, 0.1) is 10.1 Å². The van der Waals surface area contributed by atoms with E-state index in [2.05, 4.69) is 0 Å². The summed E-state index contributed by atoms with van der Waals surface area (Å²) in [5.74, 6) is 0.149. The summed E-state index contributed by atoms with van der Waals surface area (Å²) in [6, 6.07) is 7.14. The van der Waals surface area contributed by atoms with E-state index in [9.17, 15) is 10.1 Å². The van der Waals surface area contributed by atoms with E-state index in [0.717, 1.165) is 5.56 Å². The summed E-state index contributed by atoms with van der Waals surface area (Å²) < 4.78 is 4.00. The summed E-state index contributed by atoms with van der Waals surface area (Å²) in [7, 11) is 0. The lowest BCUT2D eigenvalue weighted by molar-refractivity contribution is -0.544. The van der Waals surface area contributed by atoms with Gasteiger partial charge in [-0.25, -0.2) is 0 Å². The van der Waals surface area contributed by atoms with Crippen molar-refractivity contribution in [1.82, 2.24) is 0 Å². The number of alkyl halides is 2. The molecule has 6 heteroatoms. The molecular weight excluding hydrogens is 253 g/mol. The fourth-order valence-electron chi connectivity index (χ4n) is 2.39. The summed E-state index contributed by atoms with van der Waals surface area (Å²) in [5.41, 5.74) is -0.666. The van der Waals surface area contributed by atoms with Crippen LogP contribution in [-0.2, 0) is 0 Å². The summed E-state index contributed by atoms with van der Waals surface area (Å²) in [5, 5.41) is 11.1. The van der Waals surface area contributed by atoms with E-state index in [1.807, 2.05) is 6.07 Å². The molecule has 0 saturated heterocycles. The molecule has 0 N–H and O–H groups in total. The highest BCUT2D eigenvalue weighted by atomic mass is 35.5. The Bertz CT molecular complexity index is 491. The molecule has 0 radical (unpaired) electrons. The Morgan fingerprint density at radius 2 is 2.12 bits per heavy atom. The number of para-hydroxylation sites is 1. The van der Waals surface area contributed by atoms with Crippen LogP contribution in [0.1, 0.15) is 11.5 Å². The van der Waals surface area contributed by atoms with E-state index in [1.54, 1.807) is 18.2 Å². The normalized spacial score (nSPS) is 33.2. The van der Waals surface area contributed by atoms with Crippen LogP contribution in [0.25, 0.3) is 0 Å². The molecule has 1 heterocycles. The third kappa shape index (κ3) is 0.924. The number of hydrogen-bond donors (Lipinski definition) is 0. The number of rotatable bonds is 1. The van der Waals surface area contributed by atoms with Crippen molar-refractivity contribution in [1.29, 1.82) is 0 Å². The highest BCUT2D eigenvalue weighted by molar-refractivity contribution is 6.53. The van der Waals surface area contributed by atoms with Crippen molar-refractivity contribution in [3.05, 3.63) is 39.9 Å². The molecule has 2 atom stereocenters. The first-order chi connectivity index (χ1) is 7.52. The molecule has 1 aliphatic carbocycles. The number of fused-ring (bicyclic) bond motifs is 3. The number of ether oxygens (including phenoxy) is 1. The van der Waals surface area contributed by atoms with Gasteiger partial charge in [-0.15, -0.1) is 0 Å². The first-order valence-corrected chi connectivity index (χ1v) is 5.51. The van der Waals surface area contributed by atoms with Gasteiger partial charge in [-0.3, -0.25) is 10.1 Å². The van der Waals surface area contributed by atoms with Gasteiger partial charge in [0, 0.05) is 10.5 Å². The Morgan fingerprint density at radius 3 is 2.81 bits per heavy atom. The maximum absolute atomic E-state index is 11.1. The molecule has 84 valence electrons. The fraction of sp³-hybridized carbons (Fsp3) is 0.400. The van der Waals surface area contributed by atoms with E-state index in [-0.39, 0.29) is 6.61 Å². The van der Waals surface area contributed by atoms with Gasteiger partial charge in [0.1, 0.15) is 11.7 Å². The lowest BCUT2D eigenvalue weighted by Gasteiger charge is -2.18. The zero-order valence-electron chi connectivity index (χ0n) is 8.02. The number of nitrogens with zero attached hydrogens (tertiary/aromatic N) is 1. The second-order valence-corrected chi connectivity index (χ2v) is 5.45. The minimum Gasteiger partial charge on any atom is -0.486 e. The summed E-state index contributed by atoms with van der Waals surface area (Å²) in [6.07, 6.45) is 0. The fourth-order valence-corrected chi connectivity index (χ4v) is 3.35. The molecule has 16 heavy (non-hydrogen) atoms. The molecule has 1 aromatic carbocycles. The third-order valence-electron chi connectivity index (χ3n) is 3.34. The van der Waals surface area contributed by atoms with Gasteiger partial charge < -0.3 is 4.74 Å². The van der Waals surface area contributed by atoms with Gasteiger partial charge in [-0.05, 0) is 6.07 Å². The van der Waals surface area contributed by atoms with Gasteiger partial charge in [0.25, 0.3) is 5.54 Å². The molecule has 0 amide bonds. The molecular formula is C10H7Cl2NO3. The SMILES string of the molecule is O=[N+]([O-])C12COc3ccccc3C1C2(Cl)Cl. The van der Waals surface area contributed by atoms with E-state index in [0.29, 0.717) is 5.75 Å². The van der Waals surface area contributed by atoms with Crippen molar-refractivity contribution >= 4 is 23.2 Å². The van der Waals surface area contributed by atoms with E-state index in [1.165, 1.54) is 0 Å². The van der Waals surface area contributed by atoms with Crippen molar-refractivity contribution in [3.63, 3.8) is 0 Å². The van der Waals surface area contributed by atoms with Crippen molar-refractivity contribution in [2.24, 2.45) is 0 Å². The molecule has 3 rings (SSSR count). The first-order valence-electron chi connectivity index (χ1n) is 4.76. The maximum atomic E-state index is 11.1. The molecule has 0 spiro atoms.